The van der Waals surface area contributed by atoms with Gasteiger partial charge in [-0.15, -0.1) is 11.3 Å². The molecule has 1 saturated carbocycles. The molecule has 1 aromatic heterocycles. The second kappa shape index (κ2) is 10.9. The summed E-state index contributed by atoms with van der Waals surface area (Å²) in [6, 6.07) is 9.41. The summed E-state index contributed by atoms with van der Waals surface area (Å²) in [4.78, 5) is 33.9. The molecule has 2 aliphatic rings. The summed E-state index contributed by atoms with van der Waals surface area (Å²) < 4.78 is 6.48. The highest BCUT2D eigenvalue weighted by molar-refractivity contribution is 9.11. The average molecular weight is 549 g/mol. The van der Waals surface area contributed by atoms with Crippen molar-refractivity contribution >= 4 is 56.3 Å². The molecule has 0 spiro atoms. The number of nitrogens with zero attached hydrogens (tertiary/aromatic N) is 2. The fraction of sp³-hybridized carbons (Fsp3) is 0.458. The van der Waals surface area contributed by atoms with Crippen LogP contribution in [0, 0.1) is 6.92 Å². The number of benzene rings is 1. The van der Waals surface area contributed by atoms with E-state index in [0.29, 0.717) is 49.6 Å². The van der Waals surface area contributed by atoms with Crippen molar-refractivity contribution < 1.29 is 19.2 Å². The van der Waals surface area contributed by atoms with Gasteiger partial charge in [0.25, 0.3) is 5.91 Å². The lowest BCUT2D eigenvalue weighted by Gasteiger charge is -2.29. The van der Waals surface area contributed by atoms with Gasteiger partial charge in [0.2, 0.25) is 5.91 Å². The summed E-state index contributed by atoms with van der Waals surface area (Å²) in [5.74, 6) is 0.422. The minimum Gasteiger partial charge on any atom is -0.398 e. The molecule has 8 nitrogen and oxygen atoms in total. The van der Waals surface area contributed by atoms with Crippen LogP contribution in [0.25, 0.3) is 0 Å². The van der Waals surface area contributed by atoms with E-state index in [0.717, 1.165) is 33.7 Å². The van der Waals surface area contributed by atoms with E-state index in [4.69, 9.17) is 9.57 Å². The first-order chi connectivity index (χ1) is 16.4. The second-order valence-corrected chi connectivity index (χ2v) is 11.0. The number of oxime groups is 1. The van der Waals surface area contributed by atoms with Crippen molar-refractivity contribution in [3.8, 4) is 0 Å². The lowest BCUT2D eigenvalue weighted by atomic mass is 9.95. The summed E-state index contributed by atoms with van der Waals surface area (Å²) in [6.45, 7) is 3.87. The van der Waals surface area contributed by atoms with Gasteiger partial charge >= 0.3 is 0 Å². The summed E-state index contributed by atoms with van der Waals surface area (Å²) in [6.07, 6.45) is 3.71. The Morgan fingerprint density at radius 1 is 1.21 bits per heavy atom. The fourth-order valence-electron chi connectivity index (χ4n) is 4.53. The lowest BCUT2D eigenvalue weighted by Crippen LogP contribution is -2.54. The minimum absolute atomic E-state index is 0.175. The third-order valence-corrected chi connectivity index (χ3v) is 7.85. The van der Waals surface area contributed by atoms with Gasteiger partial charge in [0.1, 0.15) is 12.6 Å². The van der Waals surface area contributed by atoms with Gasteiger partial charge < -0.3 is 25.1 Å². The molecule has 1 aliphatic heterocycles. The van der Waals surface area contributed by atoms with Crippen LogP contribution in [0.1, 0.15) is 47.3 Å². The Hall–Kier alpha value is -2.43. The van der Waals surface area contributed by atoms with Gasteiger partial charge in [-0.3, -0.25) is 9.59 Å². The zero-order valence-corrected chi connectivity index (χ0v) is 21.8. The van der Waals surface area contributed by atoms with Crippen LogP contribution in [0.4, 0.5) is 11.4 Å². The molecule has 1 saturated heterocycles. The standard InChI is InChI=1S/C24H29BrN4O4S/c1-16-15-17(5-6-18(16)29-12-14-33-13-9-21(29)28-32-2)26-23(31)24(10-3-4-11-24)27-22(30)19-7-8-20(25)34-19/h5-8,15H,3-4,9-14H2,1-2H3,(H,26,31)(H,27,30). The second-order valence-electron chi connectivity index (χ2n) is 8.51. The van der Waals surface area contributed by atoms with Gasteiger partial charge in [-0.25, -0.2) is 0 Å². The van der Waals surface area contributed by atoms with Crippen LogP contribution < -0.4 is 15.5 Å². The number of amides is 2. The zero-order chi connectivity index (χ0) is 24.1. The van der Waals surface area contributed by atoms with Crippen molar-refractivity contribution in [1.82, 2.24) is 5.32 Å². The van der Waals surface area contributed by atoms with Crippen molar-refractivity contribution in [2.75, 3.05) is 37.1 Å². The Kier molecular flexibility index (Phi) is 7.90. The third kappa shape index (κ3) is 5.45. The number of aryl methyl sites for hydroxylation is 1. The average Bonchev–Trinajstić information content (AvgIpc) is 3.40. The van der Waals surface area contributed by atoms with Crippen LogP contribution in [-0.4, -0.2) is 50.1 Å². The maximum absolute atomic E-state index is 13.4. The molecule has 4 rings (SSSR count). The normalized spacial score (nSPS) is 19.0. The van der Waals surface area contributed by atoms with Crippen LogP contribution in [0.15, 0.2) is 39.3 Å². The molecule has 2 amide bonds. The molecule has 34 heavy (non-hydrogen) atoms. The largest absolute Gasteiger partial charge is 0.398 e. The number of amidine groups is 1. The highest BCUT2D eigenvalue weighted by atomic mass is 79.9. The minimum atomic E-state index is -0.902. The molecule has 0 radical (unpaired) electrons. The van der Waals surface area contributed by atoms with Crippen LogP contribution in [0.2, 0.25) is 0 Å². The summed E-state index contributed by atoms with van der Waals surface area (Å²) in [5, 5.41) is 10.3. The predicted molar refractivity (Wildman–Crippen MR) is 138 cm³/mol. The van der Waals surface area contributed by atoms with Gasteiger partial charge in [0.05, 0.1) is 21.9 Å². The molecule has 10 heteroatoms. The lowest BCUT2D eigenvalue weighted by molar-refractivity contribution is -0.122. The molecule has 0 atom stereocenters. The van der Waals surface area contributed by atoms with Crippen LogP contribution in [0.5, 0.6) is 0 Å². The molecule has 1 aliphatic carbocycles. The number of halogens is 1. The molecule has 2 N–H and O–H groups in total. The molecule has 2 heterocycles. The van der Waals surface area contributed by atoms with Crippen LogP contribution in [0.3, 0.4) is 0 Å². The first-order valence-corrected chi connectivity index (χ1v) is 13.0. The molecule has 1 aromatic carbocycles. The maximum Gasteiger partial charge on any atom is 0.262 e. The Labute approximate surface area is 211 Å². The van der Waals surface area contributed by atoms with Gasteiger partial charge in [-0.2, -0.15) is 0 Å². The topological polar surface area (TPSA) is 92.3 Å². The Morgan fingerprint density at radius 3 is 2.68 bits per heavy atom. The van der Waals surface area contributed by atoms with Crippen molar-refractivity contribution in [2.24, 2.45) is 5.16 Å². The van der Waals surface area contributed by atoms with E-state index in [-0.39, 0.29) is 11.8 Å². The number of nitrogens with one attached hydrogen (secondary N) is 2. The SMILES string of the molecule is CON=C1CCOCCN1c1ccc(NC(=O)C2(NC(=O)c3ccc(Br)s3)CCCC2)cc1C. The van der Waals surface area contributed by atoms with Crippen molar-refractivity contribution in [2.45, 2.75) is 44.6 Å². The Balaban J connectivity index is 1.51. The van der Waals surface area contributed by atoms with Gasteiger partial charge in [-0.05, 0) is 71.6 Å². The van der Waals surface area contributed by atoms with Crippen LogP contribution >= 0.6 is 27.3 Å². The summed E-state index contributed by atoms with van der Waals surface area (Å²) >= 11 is 4.75. The van der Waals surface area contributed by atoms with Crippen molar-refractivity contribution in [1.29, 1.82) is 0 Å². The van der Waals surface area contributed by atoms with E-state index in [2.05, 4.69) is 36.6 Å². The van der Waals surface area contributed by atoms with E-state index in [1.165, 1.54) is 18.4 Å². The van der Waals surface area contributed by atoms with E-state index in [1.807, 2.05) is 31.2 Å². The molecule has 0 unspecified atom stereocenters. The van der Waals surface area contributed by atoms with Crippen molar-refractivity contribution in [3.63, 3.8) is 0 Å². The molecular formula is C24H29BrN4O4S. The van der Waals surface area contributed by atoms with Gasteiger partial charge in [0.15, 0.2) is 5.84 Å². The van der Waals surface area contributed by atoms with Gasteiger partial charge in [-0.1, -0.05) is 18.0 Å². The monoisotopic (exact) mass is 548 g/mol. The molecule has 2 aromatic rings. The number of hydrogen-bond acceptors (Lipinski definition) is 6. The molecule has 0 bridgehead atoms. The van der Waals surface area contributed by atoms with E-state index in [1.54, 1.807) is 6.07 Å². The molecule has 2 fully saturated rings. The molecule has 182 valence electrons. The summed E-state index contributed by atoms with van der Waals surface area (Å²) in [7, 11) is 1.54. The number of carbonyl (C=O) groups excluding carboxylic acids is 2. The summed E-state index contributed by atoms with van der Waals surface area (Å²) in [5.41, 5.74) is 1.78. The van der Waals surface area contributed by atoms with E-state index < -0.39 is 5.54 Å². The number of rotatable bonds is 6. The smallest absolute Gasteiger partial charge is 0.262 e. The third-order valence-electron chi connectivity index (χ3n) is 6.22. The first-order valence-electron chi connectivity index (χ1n) is 11.4. The zero-order valence-electron chi connectivity index (χ0n) is 19.4. The number of carbonyl (C=O) groups is 2. The van der Waals surface area contributed by atoms with E-state index in [9.17, 15) is 9.59 Å². The first kappa shape index (κ1) is 24.7. The Bertz CT molecular complexity index is 1080. The number of hydrogen-bond donors (Lipinski definition) is 2. The number of ether oxygens (including phenoxy) is 1. The van der Waals surface area contributed by atoms with Crippen LogP contribution in [-0.2, 0) is 14.4 Å². The van der Waals surface area contributed by atoms with Crippen molar-refractivity contribution in [3.05, 3.63) is 44.6 Å². The van der Waals surface area contributed by atoms with Gasteiger partial charge in [0, 0.05) is 24.3 Å². The predicted octanol–water partition coefficient (Wildman–Crippen LogP) is 4.69. The number of anilines is 2. The van der Waals surface area contributed by atoms with E-state index >= 15 is 0 Å². The molecular weight excluding hydrogens is 520 g/mol. The highest BCUT2D eigenvalue weighted by Crippen LogP contribution is 2.33. The fourth-order valence-corrected chi connectivity index (χ4v) is 5.82. The number of thiophene rings is 1. The quantitative estimate of drug-likeness (QED) is 0.511. The Morgan fingerprint density at radius 2 is 2.00 bits per heavy atom. The highest BCUT2D eigenvalue weighted by Gasteiger charge is 2.42. The maximum atomic E-state index is 13.4.